The van der Waals surface area contributed by atoms with Crippen molar-refractivity contribution in [1.82, 2.24) is 10.6 Å². The van der Waals surface area contributed by atoms with Crippen molar-refractivity contribution in [3.05, 3.63) is 22.7 Å². The van der Waals surface area contributed by atoms with Gasteiger partial charge in [-0.05, 0) is 18.6 Å². The lowest BCUT2D eigenvalue weighted by molar-refractivity contribution is -0.122. The molecule has 6 nitrogen and oxygen atoms in total. The van der Waals surface area contributed by atoms with E-state index < -0.39 is 0 Å². The Morgan fingerprint density at radius 1 is 1.40 bits per heavy atom. The van der Waals surface area contributed by atoms with Gasteiger partial charge < -0.3 is 20.1 Å². The summed E-state index contributed by atoms with van der Waals surface area (Å²) in [7, 11) is 0. The Hall–Kier alpha value is -1.95. The second-order valence-electron chi connectivity index (χ2n) is 4.70. The van der Waals surface area contributed by atoms with Crippen LogP contribution in [0.1, 0.15) is 23.2 Å². The normalized spacial score (nSPS) is 20.4. The molecule has 0 saturated carbocycles. The molecule has 1 fully saturated rings. The van der Waals surface area contributed by atoms with Gasteiger partial charge in [0.2, 0.25) is 12.7 Å². The van der Waals surface area contributed by atoms with Crippen LogP contribution in [0.15, 0.2) is 12.1 Å². The Balaban J connectivity index is 1.71. The van der Waals surface area contributed by atoms with E-state index in [2.05, 4.69) is 10.6 Å². The van der Waals surface area contributed by atoms with Gasteiger partial charge in [-0.25, -0.2) is 0 Å². The minimum absolute atomic E-state index is 0.0154. The Morgan fingerprint density at radius 3 is 3.00 bits per heavy atom. The number of nitrogens with one attached hydrogen (secondary N) is 2. The first-order chi connectivity index (χ1) is 9.63. The molecule has 20 heavy (non-hydrogen) atoms. The van der Waals surface area contributed by atoms with Gasteiger partial charge in [0.25, 0.3) is 5.91 Å². The molecule has 2 heterocycles. The van der Waals surface area contributed by atoms with Crippen LogP contribution >= 0.6 is 11.6 Å². The zero-order valence-electron chi connectivity index (χ0n) is 10.6. The summed E-state index contributed by atoms with van der Waals surface area (Å²) in [6, 6.07) is 3.08. The number of rotatable bonds is 2. The lowest BCUT2D eigenvalue weighted by Gasteiger charge is -2.23. The van der Waals surface area contributed by atoms with Crippen molar-refractivity contribution >= 4 is 23.4 Å². The number of halogens is 1. The van der Waals surface area contributed by atoms with Crippen molar-refractivity contribution in [3.8, 4) is 11.5 Å². The maximum Gasteiger partial charge on any atom is 0.251 e. The third-order valence-electron chi connectivity index (χ3n) is 3.29. The third kappa shape index (κ3) is 2.51. The van der Waals surface area contributed by atoms with Gasteiger partial charge in [-0.3, -0.25) is 9.59 Å². The van der Waals surface area contributed by atoms with E-state index in [1.165, 1.54) is 0 Å². The van der Waals surface area contributed by atoms with E-state index in [1.54, 1.807) is 12.1 Å². The molecule has 1 aromatic carbocycles. The van der Waals surface area contributed by atoms with E-state index in [-0.39, 0.29) is 24.6 Å². The predicted molar refractivity (Wildman–Crippen MR) is 71.1 cm³/mol. The molecule has 0 radical (unpaired) electrons. The molecule has 1 aromatic rings. The topological polar surface area (TPSA) is 76.7 Å². The van der Waals surface area contributed by atoms with Gasteiger partial charge in [0.1, 0.15) is 0 Å². The number of carbonyl (C=O) groups is 2. The van der Waals surface area contributed by atoms with Gasteiger partial charge in [-0.2, -0.15) is 0 Å². The number of amides is 2. The summed E-state index contributed by atoms with van der Waals surface area (Å²) in [5.41, 5.74) is 0.413. The highest BCUT2D eigenvalue weighted by Gasteiger charge is 2.23. The van der Waals surface area contributed by atoms with Gasteiger partial charge in [-0.1, -0.05) is 11.6 Å². The molecular weight excluding hydrogens is 284 g/mol. The van der Waals surface area contributed by atoms with Gasteiger partial charge in [0.15, 0.2) is 11.5 Å². The molecule has 2 amide bonds. The summed E-state index contributed by atoms with van der Waals surface area (Å²) in [5.74, 6) is 0.709. The van der Waals surface area contributed by atoms with Crippen molar-refractivity contribution in [2.24, 2.45) is 0 Å². The van der Waals surface area contributed by atoms with Crippen LogP contribution in [0.2, 0.25) is 5.02 Å². The highest BCUT2D eigenvalue weighted by Crippen LogP contribution is 2.39. The summed E-state index contributed by atoms with van der Waals surface area (Å²) in [6.45, 7) is 0.553. The highest BCUT2D eigenvalue weighted by molar-refractivity contribution is 6.32. The van der Waals surface area contributed by atoms with Crippen LogP contribution < -0.4 is 20.1 Å². The summed E-state index contributed by atoms with van der Waals surface area (Å²) < 4.78 is 10.4. The van der Waals surface area contributed by atoms with E-state index in [9.17, 15) is 9.59 Å². The first-order valence-corrected chi connectivity index (χ1v) is 6.68. The molecule has 7 heteroatoms. The molecule has 0 aliphatic carbocycles. The van der Waals surface area contributed by atoms with Crippen LogP contribution in [0.25, 0.3) is 0 Å². The summed E-state index contributed by atoms with van der Waals surface area (Å²) in [6.07, 6.45) is 1.06. The number of fused-ring (bicyclic) bond motifs is 1. The Labute approximate surface area is 120 Å². The zero-order chi connectivity index (χ0) is 14.1. The Morgan fingerprint density at radius 2 is 2.25 bits per heavy atom. The molecule has 106 valence electrons. The largest absolute Gasteiger partial charge is 0.454 e. The van der Waals surface area contributed by atoms with Crippen molar-refractivity contribution in [3.63, 3.8) is 0 Å². The summed E-state index contributed by atoms with van der Waals surface area (Å²) in [4.78, 5) is 23.2. The molecule has 2 N–H and O–H groups in total. The number of benzene rings is 1. The van der Waals surface area contributed by atoms with E-state index in [4.69, 9.17) is 21.1 Å². The first kappa shape index (κ1) is 13.1. The first-order valence-electron chi connectivity index (χ1n) is 6.30. The number of carbonyl (C=O) groups excluding carboxylic acids is 2. The van der Waals surface area contributed by atoms with Gasteiger partial charge in [0.05, 0.1) is 5.02 Å². The maximum absolute atomic E-state index is 12.2. The molecule has 0 aromatic heterocycles. The maximum atomic E-state index is 12.2. The Bertz CT molecular complexity index is 566. The Kier molecular flexibility index (Phi) is 3.40. The quantitative estimate of drug-likeness (QED) is 0.856. The van der Waals surface area contributed by atoms with Crippen LogP contribution in [-0.2, 0) is 4.79 Å². The average Bonchev–Trinajstić information content (AvgIpc) is 2.90. The molecular formula is C13H13ClN2O4. The van der Waals surface area contributed by atoms with E-state index >= 15 is 0 Å². The number of hydrogen-bond donors (Lipinski definition) is 2. The smallest absolute Gasteiger partial charge is 0.251 e. The number of piperidine rings is 1. The predicted octanol–water partition coefficient (Wildman–Crippen LogP) is 1.08. The van der Waals surface area contributed by atoms with Crippen LogP contribution in [0.3, 0.4) is 0 Å². The van der Waals surface area contributed by atoms with Gasteiger partial charge in [-0.15, -0.1) is 0 Å². The lowest BCUT2D eigenvalue weighted by Crippen LogP contribution is -2.47. The second-order valence-corrected chi connectivity index (χ2v) is 5.11. The number of ether oxygens (including phenoxy) is 2. The SMILES string of the molecule is O=C1CCC(NC(=O)c2cc(Cl)c3c(c2)OCO3)CN1. The standard InChI is InChI=1S/C13H13ClN2O4/c14-9-3-7(4-10-12(9)20-6-19-10)13(18)16-8-1-2-11(17)15-5-8/h3-4,8H,1-2,5-6H2,(H,15,17)(H,16,18). The number of hydrogen-bond acceptors (Lipinski definition) is 4. The average molecular weight is 297 g/mol. The van der Waals surface area contributed by atoms with Crippen molar-refractivity contribution in [2.75, 3.05) is 13.3 Å². The van der Waals surface area contributed by atoms with Crippen LogP contribution in [-0.4, -0.2) is 31.2 Å². The van der Waals surface area contributed by atoms with Crippen molar-refractivity contribution in [1.29, 1.82) is 0 Å². The van der Waals surface area contributed by atoms with E-state index in [1.807, 2.05) is 0 Å². The molecule has 1 unspecified atom stereocenters. The van der Waals surface area contributed by atoms with Gasteiger partial charge in [0, 0.05) is 24.6 Å². The van der Waals surface area contributed by atoms with Crippen LogP contribution in [0, 0.1) is 0 Å². The molecule has 2 aliphatic rings. The minimum Gasteiger partial charge on any atom is -0.454 e. The third-order valence-corrected chi connectivity index (χ3v) is 3.57. The zero-order valence-corrected chi connectivity index (χ0v) is 11.3. The summed E-state index contributed by atoms with van der Waals surface area (Å²) in [5, 5.41) is 5.93. The second kappa shape index (κ2) is 5.20. The minimum atomic E-state index is -0.244. The van der Waals surface area contributed by atoms with Crippen LogP contribution in [0.4, 0.5) is 0 Å². The molecule has 0 bridgehead atoms. The fraction of sp³-hybridized carbons (Fsp3) is 0.385. The van der Waals surface area contributed by atoms with Crippen molar-refractivity contribution < 1.29 is 19.1 Å². The van der Waals surface area contributed by atoms with E-state index in [0.29, 0.717) is 41.5 Å². The summed E-state index contributed by atoms with van der Waals surface area (Å²) >= 11 is 6.04. The monoisotopic (exact) mass is 296 g/mol. The van der Waals surface area contributed by atoms with Gasteiger partial charge >= 0.3 is 0 Å². The van der Waals surface area contributed by atoms with Crippen molar-refractivity contribution in [2.45, 2.75) is 18.9 Å². The highest BCUT2D eigenvalue weighted by atomic mass is 35.5. The molecule has 3 rings (SSSR count). The molecule has 1 saturated heterocycles. The molecule has 0 spiro atoms. The fourth-order valence-corrected chi connectivity index (χ4v) is 2.49. The van der Waals surface area contributed by atoms with Crippen LogP contribution in [0.5, 0.6) is 11.5 Å². The fourth-order valence-electron chi connectivity index (χ4n) is 2.22. The molecule has 1 atom stereocenters. The molecule has 2 aliphatic heterocycles. The lowest BCUT2D eigenvalue weighted by atomic mass is 10.1. The van der Waals surface area contributed by atoms with E-state index in [0.717, 1.165) is 0 Å².